The van der Waals surface area contributed by atoms with Crippen molar-refractivity contribution in [1.29, 1.82) is 0 Å². The largest absolute Gasteiger partial charge is 0.343 e. The van der Waals surface area contributed by atoms with Crippen molar-refractivity contribution >= 4 is 5.91 Å². The van der Waals surface area contributed by atoms with Crippen LogP contribution in [0.5, 0.6) is 0 Å². The zero-order valence-electron chi connectivity index (χ0n) is 13.0. The third-order valence-electron chi connectivity index (χ3n) is 5.06. The second-order valence-corrected chi connectivity index (χ2v) is 6.55. The van der Waals surface area contributed by atoms with Crippen LogP contribution in [0.15, 0.2) is 0 Å². The van der Waals surface area contributed by atoms with Crippen LogP contribution >= 0.6 is 0 Å². The highest BCUT2D eigenvalue weighted by Crippen LogP contribution is 2.22. The number of piperidine rings is 1. The first-order valence-electron chi connectivity index (χ1n) is 8.43. The zero-order valence-corrected chi connectivity index (χ0v) is 13.0. The molecule has 0 spiro atoms. The molecule has 2 fully saturated rings. The lowest BCUT2D eigenvalue weighted by Gasteiger charge is -2.34. The van der Waals surface area contributed by atoms with Crippen LogP contribution in [0.2, 0.25) is 0 Å². The van der Waals surface area contributed by atoms with Crippen molar-refractivity contribution in [2.24, 2.45) is 17.6 Å². The Labute approximate surface area is 123 Å². The summed E-state index contributed by atoms with van der Waals surface area (Å²) in [7, 11) is 0. The van der Waals surface area contributed by atoms with Crippen molar-refractivity contribution in [3.05, 3.63) is 0 Å². The molecule has 20 heavy (non-hydrogen) atoms. The van der Waals surface area contributed by atoms with Gasteiger partial charge in [0.05, 0.1) is 0 Å². The summed E-state index contributed by atoms with van der Waals surface area (Å²) >= 11 is 0. The predicted octanol–water partition coefficient (Wildman–Crippen LogP) is 1.70. The van der Waals surface area contributed by atoms with Crippen molar-refractivity contribution < 1.29 is 4.79 Å². The van der Waals surface area contributed by atoms with Crippen LogP contribution in [0.4, 0.5) is 0 Å². The molecule has 2 rings (SSSR count). The van der Waals surface area contributed by atoms with Gasteiger partial charge in [0.25, 0.3) is 0 Å². The SMILES string of the molecule is CCC(CN)CC(=O)N1CCC(CN2CCCC2)CC1. The molecule has 1 amide bonds. The van der Waals surface area contributed by atoms with E-state index in [1.807, 2.05) is 0 Å². The number of hydrogen-bond acceptors (Lipinski definition) is 3. The van der Waals surface area contributed by atoms with Crippen molar-refractivity contribution in [3.63, 3.8) is 0 Å². The summed E-state index contributed by atoms with van der Waals surface area (Å²) in [5.41, 5.74) is 5.70. The van der Waals surface area contributed by atoms with E-state index in [9.17, 15) is 4.79 Å². The summed E-state index contributed by atoms with van der Waals surface area (Å²) < 4.78 is 0. The van der Waals surface area contributed by atoms with Crippen molar-refractivity contribution in [3.8, 4) is 0 Å². The molecule has 4 nitrogen and oxygen atoms in total. The van der Waals surface area contributed by atoms with E-state index in [0.29, 0.717) is 24.8 Å². The summed E-state index contributed by atoms with van der Waals surface area (Å²) in [5.74, 6) is 1.49. The fourth-order valence-electron chi connectivity index (χ4n) is 3.47. The fraction of sp³-hybridized carbons (Fsp3) is 0.938. The lowest BCUT2D eigenvalue weighted by molar-refractivity contribution is -0.133. The minimum absolute atomic E-state index is 0.321. The third-order valence-corrected chi connectivity index (χ3v) is 5.06. The van der Waals surface area contributed by atoms with Gasteiger partial charge in [0.2, 0.25) is 5.91 Å². The van der Waals surface area contributed by atoms with Gasteiger partial charge in [0.15, 0.2) is 0 Å². The normalized spacial score (nSPS) is 23.2. The Morgan fingerprint density at radius 3 is 2.40 bits per heavy atom. The molecule has 116 valence electrons. The molecule has 0 aromatic heterocycles. The van der Waals surface area contributed by atoms with Crippen molar-refractivity contribution in [2.75, 3.05) is 39.3 Å². The van der Waals surface area contributed by atoms with Gasteiger partial charge in [0, 0.05) is 26.1 Å². The number of hydrogen-bond donors (Lipinski definition) is 1. The molecule has 2 heterocycles. The van der Waals surface area contributed by atoms with Crippen LogP contribution in [-0.2, 0) is 4.79 Å². The van der Waals surface area contributed by atoms with Crippen molar-refractivity contribution in [1.82, 2.24) is 9.80 Å². The van der Waals surface area contributed by atoms with Gasteiger partial charge in [-0.2, -0.15) is 0 Å². The molecule has 0 aromatic carbocycles. The van der Waals surface area contributed by atoms with Gasteiger partial charge < -0.3 is 15.5 Å². The Bertz CT molecular complexity index is 290. The van der Waals surface area contributed by atoms with Crippen molar-refractivity contribution in [2.45, 2.75) is 45.4 Å². The summed E-state index contributed by atoms with van der Waals surface area (Å²) in [6.45, 7) is 8.49. The minimum atomic E-state index is 0.321. The Balaban J connectivity index is 1.68. The number of nitrogens with two attached hydrogens (primary N) is 1. The van der Waals surface area contributed by atoms with Gasteiger partial charge in [-0.1, -0.05) is 13.3 Å². The molecule has 0 saturated carbocycles. The Hall–Kier alpha value is -0.610. The zero-order chi connectivity index (χ0) is 14.4. The number of likely N-dealkylation sites (tertiary alicyclic amines) is 2. The van der Waals surface area contributed by atoms with E-state index in [1.54, 1.807) is 0 Å². The van der Waals surface area contributed by atoms with E-state index in [-0.39, 0.29) is 0 Å². The molecule has 1 unspecified atom stereocenters. The first kappa shape index (κ1) is 15.8. The molecule has 2 aliphatic rings. The fourth-order valence-corrected chi connectivity index (χ4v) is 3.47. The third kappa shape index (κ3) is 4.45. The van der Waals surface area contributed by atoms with E-state index in [0.717, 1.165) is 25.4 Å². The van der Waals surface area contributed by atoms with Gasteiger partial charge in [0.1, 0.15) is 0 Å². The first-order valence-corrected chi connectivity index (χ1v) is 8.43. The maximum absolute atomic E-state index is 12.2. The highest BCUT2D eigenvalue weighted by atomic mass is 16.2. The molecule has 0 aromatic rings. The maximum atomic E-state index is 12.2. The molecule has 4 heteroatoms. The number of nitrogens with zero attached hydrogens (tertiary/aromatic N) is 2. The van der Waals surface area contributed by atoms with Crippen LogP contribution in [0.3, 0.4) is 0 Å². The number of amides is 1. The summed E-state index contributed by atoms with van der Waals surface area (Å²) in [6.07, 6.45) is 6.75. The standard InChI is InChI=1S/C16H31N3O/c1-2-14(12-17)11-16(20)19-9-5-15(6-10-19)13-18-7-3-4-8-18/h14-15H,2-13,17H2,1H3. The average molecular weight is 281 g/mol. The molecule has 0 bridgehead atoms. The molecule has 1 atom stereocenters. The van der Waals surface area contributed by atoms with Crippen LogP contribution in [0.1, 0.15) is 45.4 Å². The van der Waals surface area contributed by atoms with Crippen LogP contribution < -0.4 is 5.73 Å². The second kappa shape index (κ2) is 7.99. The molecular weight excluding hydrogens is 250 g/mol. The number of carbonyl (C=O) groups is 1. The highest BCUT2D eigenvalue weighted by Gasteiger charge is 2.25. The number of rotatable bonds is 6. The Morgan fingerprint density at radius 1 is 1.20 bits per heavy atom. The van der Waals surface area contributed by atoms with E-state index in [4.69, 9.17) is 5.73 Å². The lowest BCUT2D eigenvalue weighted by Crippen LogP contribution is -2.42. The molecule has 2 saturated heterocycles. The Morgan fingerprint density at radius 2 is 1.85 bits per heavy atom. The van der Waals surface area contributed by atoms with Gasteiger partial charge in [-0.3, -0.25) is 4.79 Å². The Kier molecular flexibility index (Phi) is 6.30. The van der Waals surface area contributed by atoms with Crippen LogP contribution in [0, 0.1) is 11.8 Å². The van der Waals surface area contributed by atoms with Gasteiger partial charge in [-0.25, -0.2) is 0 Å². The van der Waals surface area contributed by atoms with E-state index >= 15 is 0 Å². The predicted molar refractivity (Wildman–Crippen MR) is 82.4 cm³/mol. The van der Waals surface area contributed by atoms with Crippen LogP contribution in [0.25, 0.3) is 0 Å². The molecule has 2 aliphatic heterocycles. The summed E-state index contributed by atoms with van der Waals surface area (Å²) in [4.78, 5) is 16.9. The quantitative estimate of drug-likeness (QED) is 0.806. The smallest absolute Gasteiger partial charge is 0.222 e. The van der Waals surface area contributed by atoms with E-state index < -0.39 is 0 Å². The lowest BCUT2D eigenvalue weighted by atomic mass is 9.95. The monoisotopic (exact) mass is 281 g/mol. The summed E-state index contributed by atoms with van der Waals surface area (Å²) in [5, 5.41) is 0. The van der Waals surface area contributed by atoms with Gasteiger partial charge in [-0.05, 0) is 57.2 Å². The van der Waals surface area contributed by atoms with Gasteiger partial charge in [-0.15, -0.1) is 0 Å². The molecule has 2 N–H and O–H groups in total. The average Bonchev–Trinajstić information content (AvgIpc) is 2.98. The first-order chi connectivity index (χ1) is 9.72. The van der Waals surface area contributed by atoms with E-state index in [1.165, 1.54) is 45.3 Å². The molecule has 0 aliphatic carbocycles. The second-order valence-electron chi connectivity index (χ2n) is 6.55. The minimum Gasteiger partial charge on any atom is -0.343 e. The summed E-state index contributed by atoms with van der Waals surface area (Å²) in [6, 6.07) is 0. The molecule has 0 radical (unpaired) electrons. The van der Waals surface area contributed by atoms with E-state index in [2.05, 4.69) is 16.7 Å². The number of carbonyl (C=O) groups excluding carboxylic acids is 1. The molecular formula is C16H31N3O. The van der Waals surface area contributed by atoms with Gasteiger partial charge >= 0.3 is 0 Å². The maximum Gasteiger partial charge on any atom is 0.222 e. The van der Waals surface area contributed by atoms with Crippen LogP contribution in [-0.4, -0.2) is 55.0 Å². The topological polar surface area (TPSA) is 49.6 Å². The highest BCUT2D eigenvalue weighted by molar-refractivity contribution is 5.76.